The van der Waals surface area contributed by atoms with Gasteiger partial charge in [0.1, 0.15) is 0 Å². The standard InChI is InChI=1S/C23H22N2O4S/c1-15(23(29)25-20-8-4-6-16-5-2-3-7-19(16)20)30-18-11-9-17(10-12-18)24-21(26)13-14-22(27)28/h2-12,15H,13-14H2,1H3,(H,24,26)(H,25,29)(H,27,28). The highest BCUT2D eigenvalue weighted by Crippen LogP contribution is 2.27. The molecule has 1 atom stereocenters. The highest BCUT2D eigenvalue weighted by atomic mass is 32.2. The molecule has 0 spiro atoms. The van der Waals surface area contributed by atoms with Crippen LogP contribution in [0, 0.1) is 0 Å². The van der Waals surface area contributed by atoms with Gasteiger partial charge >= 0.3 is 5.97 Å². The fraction of sp³-hybridized carbons (Fsp3) is 0.174. The first-order valence-corrected chi connectivity index (χ1v) is 10.4. The van der Waals surface area contributed by atoms with E-state index in [1.165, 1.54) is 11.8 Å². The molecule has 1 unspecified atom stereocenters. The summed E-state index contributed by atoms with van der Waals surface area (Å²) in [4.78, 5) is 35.8. The molecule has 0 saturated carbocycles. The van der Waals surface area contributed by atoms with E-state index >= 15 is 0 Å². The van der Waals surface area contributed by atoms with E-state index in [0.29, 0.717) is 5.69 Å². The second-order valence-electron chi connectivity index (χ2n) is 6.74. The molecule has 0 bridgehead atoms. The van der Waals surface area contributed by atoms with Gasteiger partial charge in [0.15, 0.2) is 0 Å². The summed E-state index contributed by atoms with van der Waals surface area (Å²) in [5.74, 6) is -1.45. The fourth-order valence-corrected chi connectivity index (χ4v) is 3.75. The van der Waals surface area contributed by atoms with Crippen molar-refractivity contribution in [2.24, 2.45) is 0 Å². The van der Waals surface area contributed by atoms with Crippen molar-refractivity contribution < 1.29 is 19.5 Å². The molecule has 0 saturated heterocycles. The van der Waals surface area contributed by atoms with Crippen LogP contribution in [0.2, 0.25) is 0 Å². The van der Waals surface area contributed by atoms with Gasteiger partial charge in [-0.1, -0.05) is 36.4 Å². The number of amides is 2. The van der Waals surface area contributed by atoms with Gasteiger partial charge in [0.2, 0.25) is 11.8 Å². The van der Waals surface area contributed by atoms with Gasteiger partial charge in [0.25, 0.3) is 0 Å². The molecule has 30 heavy (non-hydrogen) atoms. The van der Waals surface area contributed by atoms with Crippen molar-refractivity contribution >= 4 is 51.7 Å². The minimum absolute atomic E-state index is 0.0722. The van der Waals surface area contributed by atoms with E-state index in [4.69, 9.17) is 5.11 Å². The number of carboxylic acid groups (broad SMARTS) is 1. The predicted molar refractivity (Wildman–Crippen MR) is 120 cm³/mol. The molecule has 0 heterocycles. The van der Waals surface area contributed by atoms with E-state index in [9.17, 15) is 14.4 Å². The topological polar surface area (TPSA) is 95.5 Å². The lowest BCUT2D eigenvalue weighted by Crippen LogP contribution is -2.22. The molecule has 7 heteroatoms. The van der Waals surface area contributed by atoms with E-state index in [2.05, 4.69) is 10.6 Å². The number of nitrogens with one attached hydrogen (secondary N) is 2. The van der Waals surface area contributed by atoms with Crippen molar-refractivity contribution in [1.82, 2.24) is 0 Å². The number of hydrogen-bond donors (Lipinski definition) is 3. The number of rotatable bonds is 8. The average molecular weight is 423 g/mol. The maximum Gasteiger partial charge on any atom is 0.303 e. The number of benzene rings is 3. The minimum Gasteiger partial charge on any atom is -0.481 e. The quantitative estimate of drug-likeness (QED) is 0.455. The van der Waals surface area contributed by atoms with Gasteiger partial charge < -0.3 is 15.7 Å². The molecule has 3 rings (SSSR count). The summed E-state index contributed by atoms with van der Waals surface area (Å²) in [7, 11) is 0. The number of fused-ring (bicyclic) bond motifs is 1. The second kappa shape index (κ2) is 9.93. The van der Waals surface area contributed by atoms with Crippen LogP contribution in [0.5, 0.6) is 0 Å². The van der Waals surface area contributed by atoms with Crippen molar-refractivity contribution in [3.63, 3.8) is 0 Å². The molecule has 0 fully saturated rings. The Kier molecular flexibility index (Phi) is 7.08. The fourth-order valence-electron chi connectivity index (χ4n) is 2.89. The van der Waals surface area contributed by atoms with E-state index in [0.717, 1.165) is 21.4 Å². The van der Waals surface area contributed by atoms with Crippen molar-refractivity contribution in [1.29, 1.82) is 0 Å². The summed E-state index contributed by atoms with van der Waals surface area (Å²) in [5, 5.41) is 16.0. The molecule has 0 aromatic heterocycles. The molecule has 6 nitrogen and oxygen atoms in total. The molecular formula is C23H22N2O4S. The average Bonchev–Trinajstić information content (AvgIpc) is 2.74. The van der Waals surface area contributed by atoms with Crippen LogP contribution in [0.15, 0.2) is 71.6 Å². The maximum absolute atomic E-state index is 12.7. The zero-order valence-corrected chi connectivity index (χ0v) is 17.2. The molecule has 0 radical (unpaired) electrons. The van der Waals surface area contributed by atoms with Crippen LogP contribution in [0.1, 0.15) is 19.8 Å². The van der Waals surface area contributed by atoms with E-state index in [1.54, 1.807) is 12.1 Å². The molecule has 154 valence electrons. The molecule has 0 aliphatic heterocycles. The number of carboxylic acids is 1. The van der Waals surface area contributed by atoms with Crippen LogP contribution >= 0.6 is 11.8 Å². The predicted octanol–water partition coefficient (Wildman–Crippen LogP) is 4.76. The molecule has 0 aliphatic rings. The number of thioether (sulfide) groups is 1. The Morgan fingerprint density at radius 2 is 1.60 bits per heavy atom. The molecule has 3 aromatic rings. The van der Waals surface area contributed by atoms with Gasteiger partial charge in [0, 0.05) is 28.1 Å². The summed E-state index contributed by atoms with van der Waals surface area (Å²) >= 11 is 1.42. The van der Waals surface area contributed by atoms with E-state index in [-0.39, 0.29) is 29.9 Å². The third-order valence-corrected chi connectivity index (χ3v) is 5.55. The lowest BCUT2D eigenvalue weighted by Gasteiger charge is -2.14. The molecule has 3 N–H and O–H groups in total. The maximum atomic E-state index is 12.7. The first kappa shape index (κ1) is 21.4. The zero-order chi connectivity index (χ0) is 21.5. The first-order chi connectivity index (χ1) is 14.4. The highest BCUT2D eigenvalue weighted by molar-refractivity contribution is 8.00. The van der Waals surface area contributed by atoms with Gasteiger partial charge in [-0.25, -0.2) is 0 Å². The number of carbonyl (C=O) groups is 3. The van der Waals surface area contributed by atoms with Crippen molar-refractivity contribution in [3.8, 4) is 0 Å². The molecular weight excluding hydrogens is 400 g/mol. The highest BCUT2D eigenvalue weighted by Gasteiger charge is 2.16. The lowest BCUT2D eigenvalue weighted by molar-refractivity contribution is -0.138. The Labute approximate surface area is 178 Å². The Bertz CT molecular complexity index is 1060. The van der Waals surface area contributed by atoms with Crippen LogP contribution in [0.4, 0.5) is 11.4 Å². The van der Waals surface area contributed by atoms with Crippen molar-refractivity contribution in [2.75, 3.05) is 10.6 Å². The minimum atomic E-state index is -1.01. The Morgan fingerprint density at radius 3 is 2.33 bits per heavy atom. The van der Waals surface area contributed by atoms with Crippen molar-refractivity contribution in [2.45, 2.75) is 29.9 Å². The van der Waals surface area contributed by atoms with E-state index in [1.807, 2.05) is 61.5 Å². The first-order valence-electron chi connectivity index (χ1n) is 9.49. The van der Waals surface area contributed by atoms with Crippen LogP contribution in [0.3, 0.4) is 0 Å². The van der Waals surface area contributed by atoms with Crippen LogP contribution in [-0.4, -0.2) is 28.1 Å². The second-order valence-corrected chi connectivity index (χ2v) is 8.16. The van der Waals surface area contributed by atoms with Crippen molar-refractivity contribution in [3.05, 3.63) is 66.7 Å². The van der Waals surface area contributed by atoms with Gasteiger partial charge in [0.05, 0.1) is 11.7 Å². The van der Waals surface area contributed by atoms with Gasteiger partial charge in [-0.15, -0.1) is 11.8 Å². The summed E-state index contributed by atoms with van der Waals surface area (Å²) in [6, 6.07) is 20.8. The lowest BCUT2D eigenvalue weighted by atomic mass is 10.1. The number of aliphatic carboxylic acids is 1. The smallest absolute Gasteiger partial charge is 0.303 e. The Morgan fingerprint density at radius 1 is 0.900 bits per heavy atom. The largest absolute Gasteiger partial charge is 0.481 e. The van der Waals surface area contributed by atoms with E-state index < -0.39 is 5.97 Å². The molecule has 0 aliphatic carbocycles. The van der Waals surface area contributed by atoms with Crippen LogP contribution in [0.25, 0.3) is 10.8 Å². The third-order valence-electron chi connectivity index (χ3n) is 4.43. The molecule has 2 amide bonds. The summed E-state index contributed by atoms with van der Waals surface area (Å²) in [6.45, 7) is 1.84. The summed E-state index contributed by atoms with van der Waals surface area (Å²) in [6.07, 6.45) is -0.277. The summed E-state index contributed by atoms with van der Waals surface area (Å²) < 4.78 is 0. The monoisotopic (exact) mass is 422 g/mol. The third kappa shape index (κ3) is 5.84. The van der Waals surface area contributed by atoms with Crippen LogP contribution in [-0.2, 0) is 14.4 Å². The number of carbonyl (C=O) groups excluding carboxylic acids is 2. The van der Waals surface area contributed by atoms with Crippen LogP contribution < -0.4 is 10.6 Å². The SMILES string of the molecule is CC(Sc1ccc(NC(=O)CCC(=O)O)cc1)C(=O)Nc1cccc2ccccc12. The van der Waals surface area contributed by atoms with Gasteiger partial charge in [-0.2, -0.15) is 0 Å². The number of hydrogen-bond acceptors (Lipinski definition) is 4. The Balaban J connectivity index is 1.57. The van der Waals surface area contributed by atoms with Gasteiger partial charge in [-0.05, 0) is 42.6 Å². The molecule has 3 aromatic carbocycles. The Hall–Kier alpha value is -3.32. The summed E-state index contributed by atoms with van der Waals surface area (Å²) in [5.41, 5.74) is 1.37. The number of anilines is 2. The normalized spacial score (nSPS) is 11.6. The van der Waals surface area contributed by atoms with Gasteiger partial charge in [-0.3, -0.25) is 14.4 Å². The zero-order valence-electron chi connectivity index (χ0n) is 16.4.